The Kier molecular flexibility index (Phi) is 4.10. The number of nitrogens with one attached hydrogen (secondary N) is 1. The summed E-state index contributed by atoms with van der Waals surface area (Å²) in [6.07, 6.45) is 3.74. The Balaban J connectivity index is 1.66. The first kappa shape index (κ1) is 17.2. The van der Waals surface area contributed by atoms with Gasteiger partial charge in [-0.15, -0.1) is 0 Å². The Labute approximate surface area is 152 Å². The molecule has 138 valence electrons. The van der Waals surface area contributed by atoms with E-state index in [4.69, 9.17) is 4.52 Å². The Morgan fingerprint density at radius 2 is 2.00 bits per heavy atom. The fourth-order valence-electron chi connectivity index (χ4n) is 4.06. The van der Waals surface area contributed by atoms with E-state index in [0.717, 1.165) is 25.7 Å². The highest BCUT2D eigenvalue weighted by atomic mass is 32.2. The van der Waals surface area contributed by atoms with Crippen LogP contribution in [-0.4, -0.2) is 30.2 Å². The zero-order chi connectivity index (χ0) is 18.4. The Morgan fingerprint density at radius 1 is 1.27 bits per heavy atom. The van der Waals surface area contributed by atoms with Gasteiger partial charge in [0.15, 0.2) is 15.7 Å². The van der Waals surface area contributed by atoms with Gasteiger partial charge in [0.1, 0.15) is 5.54 Å². The molecule has 1 N–H and O–H groups in total. The van der Waals surface area contributed by atoms with Gasteiger partial charge in [-0.2, -0.15) is 4.98 Å². The molecule has 1 amide bonds. The Morgan fingerprint density at radius 3 is 2.69 bits per heavy atom. The van der Waals surface area contributed by atoms with Crippen LogP contribution in [0.5, 0.6) is 0 Å². The summed E-state index contributed by atoms with van der Waals surface area (Å²) in [5, 5.41) is 7.18. The van der Waals surface area contributed by atoms with Crippen LogP contribution in [0, 0.1) is 6.92 Å². The van der Waals surface area contributed by atoms with Crippen LogP contribution in [0.1, 0.15) is 55.3 Å². The van der Waals surface area contributed by atoms with Crippen molar-refractivity contribution >= 4 is 15.7 Å². The van der Waals surface area contributed by atoms with Gasteiger partial charge in [-0.25, -0.2) is 8.42 Å². The molecular weight excluding hydrogens is 354 g/mol. The van der Waals surface area contributed by atoms with Gasteiger partial charge in [0, 0.05) is 6.92 Å². The standard InChI is InChI=1S/C18H21N3O4S/c1-12-19-17(21-25-12)18(9-4-5-10-18)20-16(22)14-8-11-26(23,24)15-7-3-2-6-13(14)15/h2-3,6-7,14H,4-5,8-11H2,1H3,(H,20,22). The largest absolute Gasteiger partial charge is 0.343 e. The monoisotopic (exact) mass is 375 g/mol. The molecule has 1 aromatic carbocycles. The van der Waals surface area contributed by atoms with E-state index in [0.29, 0.717) is 17.3 Å². The number of hydrogen-bond donors (Lipinski definition) is 1. The summed E-state index contributed by atoms with van der Waals surface area (Å²) in [5.41, 5.74) is -0.0474. The normalized spacial score (nSPS) is 23.3. The Hall–Kier alpha value is -2.22. The minimum absolute atomic E-state index is 0.0174. The summed E-state index contributed by atoms with van der Waals surface area (Å²) in [6, 6.07) is 6.78. The molecule has 0 saturated heterocycles. The molecule has 1 atom stereocenters. The molecule has 1 saturated carbocycles. The maximum atomic E-state index is 13.1. The average Bonchev–Trinajstić information content (AvgIpc) is 3.25. The van der Waals surface area contributed by atoms with Crippen molar-refractivity contribution in [1.29, 1.82) is 0 Å². The van der Waals surface area contributed by atoms with Crippen molar-refractivity contribution in [2.45, 2.75) is 55.4 Å². The fraction of sp³-hybridized carbons (Fsp3) is 0.500. The van der Waals surface area contributed by atoms with Gasteiger partial charge in [-0.1, -0.05) is 36.2 Å². The van der Waals surface area contributed by atoms with Crippen LogP contribution in [0.3, 0.4) is 0 Å². The summed E-state index contributed by atoms with van der Waals surface area (Å²) in [6.45, 7) is 1.73. The van der Waals surface area contributed by atoms with Crippen LogP contribution in [0.25, 0.3) is 0 Å². The molecule has 2 aromatic rings. The highest BCUT2D eigenvalue weighted by molar-refractivity contribution is 7.91. The van der Waals surface area contributed by atoms with Gasteiger partial charge >= 0.3 is 0 Å². The van der Waals surface area contributed by atoms with Crippen molar-refractivity contribution < 1.29 is 17.7 Å². The van der Waals surface area contributed by atoms with Gasteiger partial charge in [0.25, 0.3) is 0 Å². The maximum Gasteiger partial charge on any atom is 0.228 e. The van der Waals surface area contributed by atoms with Crippen molar-refractivity contribution in [3.63, 3.8) is 0 Å². The lowest BCUT2D eigenvalue weighted by Crippen LogP contribution is -2.47. The zero-order valence-corrected chi connectivity index (χ0v) is 15.4. The lowest BCUT2D eigenvalue weighted by atomic mass is 9.91. The molecule has 1 aliphatic heterocycles. The van der Waals surface area contributed by atoms with Crippen molar-refractivity contribution in [2.24, 2.45) is 0 Å². The van der Waals surface area contributed by atoms with Crippen molar-refractivity contribution in [1.82, 2.24) is 15.5 Å². The van der Waals surface area contributed by atoms with E-state index in [1.165, 1.54) is 0 Å². The van der Waals surface area contributed by atoms with Gasteiger partial charge in [0.2, 0.25) is 11.8 Å². The number of amides is 1. The average molecular weight is 375 g/mol. The summed E-state index contributed by atoms with van der Waals surface area (Å²) < 4.78 is 29.7. The first-order valence-corrected chi connectivity index (χ1v) is 10.5. The molecule has 0 radical (unpaired) electrons. The van der Waals surface area contributed by atoms with Gasteiger partial charge in [-0.3, -0.25) is 4.79 Å². The second-order valence-electron chi connectivity index (χ2n) is 7.11. The molecule has 0 spiro atoms. The van der Waals surface area contributed by atoms with Crippen molar-refractivity contribution in [3.8, 4) is 0 Å². The summed E-state index contributed by atoms with van der Waals surface area (Å²) in [7, 11) is -3.32. The second kappa shape index (κ2) is 6.19. The highest BCUT2D eigenvalue weighted by Crippen LogP contribution is 2.39. The number of carbonyl (C=O) groups excluding carboxylic acids is 1. The fourth-order valence-corrected chi connectivity index (χ4v) is 5.68. The number of nitrogens with zero attached hydrogens (tertiary/aromatic N) is 2. The van der Waals surface area contributed by atoms with E-state index >= 15 is 0 Å². The number of aryl methyl sites for hydroxylation is 1. The summed E-state index contributed by atoms with van der Waals surface area (Å²) in [4.78, 5) is 17.7. The number of carbonyl (C=O) groups is 1. The van der Waals surface area contributed by atoms with Crippen LogP contribution in [0.15, 0.2) is 33.7 Å². The second-order valence-corrected chi connectivity index (χ2v) is 9.19. The third kappa shape index (κ3) is 2.82. The maximum absolute atomic E-state index is 13.1. The number of fused-ring (bicyclic) bond motifs is 1. The molecular formula is C18H21N3O4S. The van der Waals surface area contributed by atoms with Crippen molar-refractivity contribution in [3.05, 3.63) is 41.5 Å². The van der Waals surface area contributed by atoms with E-state index < -0.39 is 21.3 Å². The third-order valence-electron chi connectivity index (χ3n) is 5.40. The predicted octanol–water partition coefficient (Wildman–Crippen LogP) is 2.22. The first-order valence-electron chi connectivity index (χ1n) is 8.86. The molecule has 1 fully saturated rings. The first-order chi connectivity index (χ1) is 12.4. The third-order valence-corrected chi connectivity index (χ3v) is 7.21. The molecule has 0 bridgehead atoms. The summed E-state index contributed by atoms with van der Waals surface area (Å²) >= 11 is 0. The van der Waals surface area contributed by atoms with Gasteiger partial charge < -0.3 is 9.84 Å². The van der Waals surface area contributed by atoms with E-state index in [2.05, 4.69) is 15.5 Å². The molecule has 1 aliphatic carbocycles. The summed E-state index contributed by atoms with van der Waals surface area (Å²) in [5.74, 6) is 0.306. The van der Waals surface area contributed by atoms with E-state index in [-0.39, 0.29) is 23.0 Å². The topological polar surface area (TPSA) is 102 Å². The number of benzene rings is 1. The minimum atomic E-state index is -3.32. The van der Waals surface area contributed by atoms with Gasteiger partial charge in [0.05, 0.1) is 16.6 Å². The quantitative estimate of drug-likeness (QED) is 0.882. The molecule has 1 aromatic heterocycles. The molecule has 1 unspecified atom stereocenters. The lowest BCUT2D eigenvalue weighted by molar-refractivity contribution is -0.124. The molecule has 26 heavy (non-hydrogen) atoms. The highest BCUT2D eigenvalue weighted by Gasteiger charge is 2.43. The minimum Gasteiger partial charge on any atom is -0.343 e. The van der Waals surface area contributed by atoms with E-state index in [9.17, 15) is 13.2 Å². The zero-order valence-electron chi connectivity index (χ0n) is 14.6. The molecule has 8 heteroatoms. The van der Waals surface area contributed by atoms with Crippen LogP contribution in [0.2, 0.25) is 0 Å². The Bertz CT molecular complexity index is 945. The number of hydrogen-bond acceptors (Lipinski definition) is 6. The van der Waals surface area contributed by atoms with Crippen LogP contribution >= 0.6 is 0 Å². The number of aromatic nitrogens is 2. The van der Waals surface area contributed by atoms with Gasteiger partial charge in [-0.05, 0) is 30.9 Å². The smallest absolute Gasteiger partial charge is 0.228 e. The molecule has 7 nitrogen and oxygen atoms in total. The van der Waals surface area contributed by atoms with Crippen molar-refractivity contribution in [2.75, 3.05) is 5.75 Å². The van der Waals surface area contributed by atoms with E-state index in [1.54, 1.807) is 31.2 Å². The van der Waals surface area contributed by atoms with Crippen LogP contribution in [-0.2, 0) is 20.2 Å². The predicted molar refractivity (Wildman–Crippen MR) is 93.2 cm³/mol. The number of rotatable bonds is 3. The molecule has 4 rings (SSSR count). The number of sulfone groups is 1. The van der Waals surface area contributed by atoms with Crippen LogP contribution in [0.4, 0.5) is 0 Å². The van der Waals surface area contributed by atoms with Crippen LogP contribution < -0.4 is 5.32 Å². The lowest BCUT2D eigenvalue weighted by Gasteiger charge is -2.31. The molecule has 2 aliphatic rings. The van der Waals surface area contributed by atoms with E-state index in [1.807, 2.05) is 0 Å². The molecule has 2 heterocycles. The SMILES string of the molecule is Cc1nc(C2(NC(=O)C3CCS(=O)(=O)c4ccccc43)CCCC2)no1.